The summed E-state index contributed by atoms with van der Waals surface area (Å²) in [6.07, 6.45) is 0.0161. The van der Waals surface area contributed by atoms with Gasteiger partial charge in [-0.05, 0) is 35.9 Å². The number of nitrogens with one attached hydrogen (secondary N) is 1. The van der Waals surface area contributed by atoms with Crippen molar-refractivity contribution in [1.82, 2.24) is 4.90 Å². The van der Waals surface area contributed by atoms with Crippen molar-refractivity contribution in [2.24, 2.45) is 5.92 Å². The van der Waals surface area contributed by atoms with Gasteiger partial charge in [0.15, 0.2) is 0 Å². The molecule has 0 saturated carbocycles. The van der Waals surface area contributed by atoms with Gasteiger partial charge in [-0.1, -0.05) is 12.1 Å². The zero-order chi connectivity index (χ0) is 20.3. The lowest BCUT2D eigenvalue weighted by molar-refractivity contribution is -0.128. The molecule has 1 saturated heterocycles. The molecule has 2 amide bonds. The van der Waals surface area contributed by atoms with Gasteiger partial charge in [-0.15, -0.1) is 0 Å². The molecule has 0 bridgehead atoms. The molecule has 28 heavy (non-hydrogen) atoms. The van der Waals surface area contributed by atoms with Crippen LogP contribution in [0.4, 0.5) is 10.1 Å². The predicted octanol–water partition coefficient (Wildman–Crippen LogP) is 2.52. The predicted molar refractivity (Wildman–Crippen MR) is 98.5 cm³/mol. The quantitative estimate of drug-likeness (QED) is 0.795. The maximum atomic E-state index is 13.9. The molecule has 1 heterocycles. The minimum Gasteiger partial charge on any atom is -0.497 e. The van der Waals surface area contributed by atoms with E-state index in [0.717, 1.165) is 23.8 Å². The number of amides is 2. The molecule has 1 fully saturated rings. The molecule has 7 nitrogen and oxygen atoms in total. The molecule has 2 aromatic rings. The van der Waals surface area contributed by atoms with E-state index < -0.39 is 23.6 Å². The molecule has 3 rings (SSSR count). The number of hydrogen-bond acceptors (Lipinski definition) is 4. The number of aromatic carboxylic acids is 1. The lowest BCUT2D eigenvalue weighted by Gasteiger charge is -2.17. The Morgan fingerprint density at radius 2 is 1.96 bits per heavy atom. The van der Waals surface area contributed by atoms with Crippen molar-refractivity contribution in [3.05, 3.63) is 59.4 Å². The number of nitrogens with zero attached hydrogens (tertiary/aromatic N) is 1. The average Bonchev–Trinajstić information content (AvgIpc) is 3.04. The summed E-state index contributed by atoms with van der Waals surface area (Å²) in [5.41, 5.74) is 0.543. The smallest absolute Gasteiger partial charge is 0.335 e. The Balaban J connectivity index is 1.65. The number of hydrogen-bond donors (Lipinski definition) is 2. The van der Waals surface area contributed by atoms with Crippen LogP contribution in [0.2, 0.25) is 0 Å². The van der Waals surface area contributed by atoms with Crippen LogP contribution in [0.3, 0.4) is 0 Å². The minimum absolute atomic E-state index is 0.0161. The zero-order valence-corrected chi connectivity index (χ0v) is 15.1. The van der Waals surface area contributed by atoms with E-state index in [1.165, 1.54) is 0 Å². The standard InChI is InChI=1S/C20H19FN2O5/c1-28-15-5-2-12(3-6-15)10-23-11-14(9-18(23)24)19(25)22-17-8-13(20(26)27)4-7-16(17)21/h2-8,14H,9-11H2,1H3,(H,22,25)(H,26,27). The molecular weight excluding hydrogens is 367 g/mol. The number of carboxylic acid groups (broad SMARTS) is 1. The normalized spacial score (nSPS) is 16.1. The van der Waals surface area contributed by atoms with Crippen LogP contribution in [-0.2, 0) is 16.1 Å². The summed E-state index contributed by atoms with van der Waals surface area (Å²) in [4.78, 5) is 37.3. The summed E-state index contributed by atoms with van der Waals surface area (Å²) in [6, 6.07) is 10.4. The fourth-order valence-corrected chi connectivity index (χ4v) is 3.04. The molecule has 0 aromatic heterocycles. The van der Waals surface area contributed by atoms with Gasteiger partial charge in [0.05, 0.1) is 24.3 Å². The fraction of sp³-hybridized carbons (Fsp3) is 0.250. The fourth-order valence-electron chi connectivity index (χ4n) is 3.04. The highest BCUT2D eigenvalue weighted by atomic mass is 19.1. The van der Waals surface area contributed by atoms with E-state index in [4.69, 9.17) is 9.84 Å². The van der Waals surface area contributed by atoms with E-state index in [2.05, 4.69) is 5.32 Å². The lowest BCUT2D eigenvalue weighted by Crippen LogP contribution is -2.28. The van der Waals surface area contributed by atoms with E-state index in [9.17, 15) is 18.8 Å². The maximum Gasteiger partial charge on any atom is 0.335 e. The third-order valence-electron chi connectivity index (χ3n) is 4.59. The van der Waals surface area contributed by atoms with Gasteiger partial charge in [-0.2, -0.15) is 0 Å². The summed E-state index contributed by atoms with van der Waals surface area (Å²) >= 11 is 0. The first-order chi connectivity index (χ1) is 13.4. The third kappa shape index (κ3) is 4.28. The minimum atomic E-state index is -1.22. The van der Waals surface area contributed by atoms with E-state index in [0.29, 0.717) is 12.3 Å². The van der Waals surface area contributed by atoms with Gasteiger partial charge in [-0.3, -0.25) is 9.59 Å². The summed E-state index contributed by atoms with van der Waals surface area (Å²) in [5.74, 6) is -2.59. The van der Waals surface area contributed by atoms with Gasteiger partial charge in [0.25, 0.3) is 0 Å². The van der Waals surface area contributed by atoms with E-state index in [-0.39, 0.29) is 30.1 Å². The molecule has 0 radical (unpaired) electrons. The van der Waals surface area contributed by atoms with Gasteiger partial charge in [0.2, 0.25) is 11.8 Å². The highest BCUT2D eigenvalue weighted by Gasteiger charge is 2.34. The Morgan fingerprint density at radius 3 is 2.61 bits per heavy atom. The Bertz CT molecular complexity index is 913. The Morgan fingerprint density at radius 1 is 1.25 bits per heavy atom. The molecule has 1 unspecified atom stereocenters. The van der Waals surface area contributed by atoms with Crippen molar-refractivity contribution in [2.45, 2.75) is 13.0 Å². The number of anilines is 1. The summed E-state index contributed by atoms with van der Waals surface area (Å²) in [7, 11) is 1.57. The van der Waals surface area contributed by atoms with Crippen molar-refractivity contribution in [2.75, 3.05) is 19.0 Å². The van der Waals surface area contributed by atoms with Crippen LogP contribution in [0.1, 0.15) is 22.3 Å². The van der Waals surface area contributed by atoms with Crippen molar-refractivity contribution < 1.29 is 28.6 Å². The Labute approximate surface area is 160 Å². The molecule has 1 atom stereocenters. The maximum absolute atomic E-state index is 13.9. The van der Waals surface area contributed by atoms with Crippen LogP contribution in [-0.4, -0.2) is 41.4 Å². The first kappa shape index (κ1) is 19.3. The summed E-state index contributed by atoms with van der Waals surface area (Å²) in [6.45, 7) is 0.562. The number of rotatable bonds is 6. The van der Waals surface area contributed by atoms with Crippen LogP contribution in [0.15, 0.2) is 42.5 Å². The number of ether oxygens (including phenoxy) is 1. The highest BCUT2D eigenvalue weighted by molar-refractivity contribution is 5.98. The van der Waals surface area contributed by atoms with Crippen LogP contribution >= 0.6 is 0 Å². The highest BCUT2D eigenvalue weighted by Crippen LogP contribution is 2.24. The number of benzene rings is 2. The van der Waals surface area contributed by atoms with Crippen molar-refractivity contribution in [1.29, 1.82) is 0 Å². The molecule has 8 heteroatoms. The second-order valence-corrected chi connectivity index (χ2v) is 6.51. The number of methoxy groups -OCH3 is 1. The largest absolute Gasteiger partial charge is 0.497 e. The van der Waals surface area contributed by atoms with Crippen molar-refractivity contribution in [3.8, 4) is 5.75 Å². The van der Waals surface area contributed by atoms with Gasteiger partial charge in [0.1, 0.15) is 11.6 Å². The van der Waals surface area contributed by atoms with E-state index in [1.54, 1.807) is 24.1 Å². The van der Waals surface area contributed by atoms with Crippen LogP contribution in [0, 0.1) is 11.7 Å². The summed E-state index contributed by atoms with van der Waals surface area (Å²) in [5, 5.41) is 11.4. The van der Waals surface area contributed by atoms with Crippen LogP contribution < -0.4 is 10.1 Å². The number of carbonyl (C=O) groups is 3. The number of likely N-dealkylation sites (tertiary alicyclic amines) is 1. The van der Waals surface area contributed by atoms with Gasteiger partial charge in [0, 0.05) is 19.5 Å². The Hall–Kier alpha value is -3.42. The molecular formula is C20H19FN2O5. The second-order valence-electron chi connectivity index (χ2n) is 6.51. The summed E-state index contributed by atoms with van der Waals surface area (Å²) < 4.78 is 19.0. The third-order valence-corrected chi connectivity index (χ3v) is 4.59. The first-order valence-corrected chi connectivity index (χ1v) is 8.62. The number of carbonyl (C=O) groups excluding carboxylic acids is 2. The number of halogens is 1. The monoisotopic (exact) mass is 386 g/mol. The molecule has 1 aliphatic heterocycles. The van der Waals surface area contributed by atoms with Gasteiger partial charge < -0.3 is 20.1 Å². The van der Waals surface area contributed by atoms with E-state index >= 15 is 0 Å². The van der Waals surface area contributed by atoms with Crippen molar-refractivity contribution in [3.63, 3.8) is 0 Å². The zero-order valence-electron chi connectivity index (χ0n) is 15.1. The van der Waals surface area contributed by atoms with Gasteiger partial charge >= 0.3 is 5.97 Å². The van der Waals surface area contributed by atoms with Crippen LogP contribution in [0.5, 0.6) is 5.75 Å². The first-order valence-electron chi connectivity index (χ1n) is 8.62. The lowest BCUT2D eigenvalue weighted by atomic mass is 10.1. The molecule has 146 valence electrons. The SMILES string of the molecule is COc1ccc(CN2CC(C(=O)Nc3cc(C(=O)O)ccc3F)CC2=O)cc1. The molecule has 0 aliphatic carbocycles. The Kier molecular flexibility index (Phi) is 5.58. The average molecular weight is 386 g/mol. The molecule has 2 N–H and O–H groups in total. The molecule has 0 spiro atoms. The molecule has 1 aliphatic rings. The van der Waals surface area contributed by atoms with Crippen LogP contribution in [0.25, 0.3) is 0 Å². The topological polar surface area (TPSA) is 95.9 Å². The second kappa shape index (κ2) is 8.08. The van der Waals surface area contributed by atoms with E-state index in [1.807, 2.05) is 12.1 Å². The van der Waals surface area contributed by atoms with Gasteiger partial charge in [-0.25, -0.2) is 9.18 Å². The number of carboxylic acids is 1. The molecule has 2 aromatic carbocycles. The van der Waals surface area contributed by atoms with Crippen molar-refractivity contribution >= 4 is 23.5 Å².